The molecule has 2 unspecified atom stereocenters. The number of nitrogens with zero attached hydrogens (tertiary/aromatic N) is 5. The number of pyridine rings is 1. The van der Waals surface area contributed by atoms with Gasteiger partial charge in [-0.2, -0.15) is 0 Å². The summed E-state index contributed by atoms with van der Waals surface area (Å²) in [6, 6.07) is 12.9. The molecular weight excluding hydrogens is 424 g/mol. The second-order valence-corrected chi connectivity index (χ2v) is 10.8. The van der Waals surface area contributed by atoms with Gasteiger partial charge in [-0.25, -0.2) is 0 Å². The third-order valence-corrected chi connectivity index (χ3v) is 7.39. The Labute approximate surface area is 201 Å². The minimum atomic E-state index is 0.0642. The molecule has 2 aromatic heterocycles. The fourth-order valence-corrected chi connectivity index (χ4v) is 5.32. The lowest BCUT2D eigenvalue weighted by Crippen LogP contribution is -2.58. The predicted molar refractivity (Wildman–Crippen MR) is 132 cm³/mol. The van der Waals surface area contributed by atoms with Gasteiger partial charge in [-0.1, -0.05) is 56.3 Å². The predicted octanol–water partition coefficient (Wildman–Crippen LogP) is 3.66. The molecule has 4 atom stereocenters. The summed E-state index contributed by atoms with van der Waals surface area (Å²) in [4.78, 5) is 19.5. The molecule has 0 aliphatic carbocycles. The molecule has 5 heterocycles. The maximum Gasteiger partial charge on any atom is 0.224 e. The molecule has 7 heteroatoms. The highest BCUT2D eigenvalue weighted by Gasteiger charge is 2.43. The summed E-state index contributed by atoms with van der Waals surface area (Å²) in [6.07, 6.45) is 7.72. The number of carbonyl (C=O) groups excluding carboxylic acids is 1. The van der Waals surface area contributed by atoms with Crippen molar-refractivity contribution in [3.63, 3.8) is 0 Å². The van der Waals surface area contributed by atoms with Crippen LogP contribution in [0.5, 0.6) is 0 Å². The van der Waals surface area contributed by atoms with Crippen LogP contribution in [0.1, 0.15) is 44.7 Å². The third-order valence-electron chi connectivity index (χ3n) is 7.39. The zero-order valence-corrected chi connectivity index (χ0v) is 20.3. The lowest BCUT2D eigenvalue weighted by atomic mass is 9.75. The Kier molecular flexibility index (Phi) is 6.21. The first-order chi connectivity index (χ1) is 16.4. The van der Waals surface area contributed by atoms with Gasteiger partial charge in [0.25, 0.3) is 0 Å². The summed E-state index contributed by atoms with van der Waals surface area (Å²) in [6.45, 7) is 9.90. The number of hydrogen-bond donors (Lipinski definition) is 1. The third kappa shape index (κ3) is 4.89. The molecule has 3 aliphatic rings. The quantitative estimate of drug-likeness (QED) is 0.610. The van der Waals surface area contributed by atoms with Gasteiger partial charge in [0.2, 0.25) is 5.91 Å². The van der Waals surface area contributed by atoms with Crippen molar-refractivity contribution in [2.45, 2.75) is 58.2 Å². The zero-order chi connectivity index (χ0) is 23.7. The van der Waals surface area contributed by atoms with E-state index < -0.39 is 0 Å². The van der Waals surface area contributed by atoms with E-state index in [2.05, 4.69) is 70.5 Å². The molecule has 2 bridgehead atoms. The number of nitrogens with one attached hydrogen (secondary N) is 1. The Morgan fingerprint density at radius 1 is 1.18 bits per heavy atom. The first-order valence-electron chi connectivity index (χ1n) is 12.3. The number of piperidine rings is 3. The molecule has 0 saturated carbocycles. The first kappa shape index (κ1) is 22.7. The van der Waals surface area contributed by atoms with Gasteiger partial charge in [-0.15, -0.1) is 5.10 Å². The minimum Gasteiger partial charge on any atom is -0.352 e. The summed E-state index contributed by atoms with van der Waals surface area (Å²) in [5.74, 6) is 0.657. The average Bonchev–Trinajstić information content (AvgIpc) is 3.31. The molecule has 0 spiro atoms. The number of rotatable bonds is 6. The maximum atomic E-state index is 12.9. The summed E-state index contributed by atoms with van der Waals surface area (Å²) >= 11 is 0. The van der Waals surface area contributed by atoms with Gasteiger partial charge < -0.3 is 5.32 Å². The van der Waals surface area contributed by atoms with Crippen molar-refractivity contribution < 1.29 is 4.79 Å². The highest BCUT2D eigenvalue weighted by molar-refractivity contribution is 5.79. The van der Waals surface area contributed by atoms with Gasteiger partial charge >= 0.3 is 0 Å². The Balaban J connectivity index is 1.18. The van der Waals surface area contributed by atoms with Crippen molar-refractivity contribution in [3.05, 3.63) is 66.1 Å². The number of carbonyl (C=O) groups is 1. The molecule has 3 saturated heterocycles. The summed E-state index contributed by atoms with van der Waals surface area (Å²) in [5, 5.41) is 12.0. The Bertz CT molecular complexity index is 1120. The maximum absolute atomic E-state index is 12.9. The summed E-state index contributed by atoms with van der Waals surface area (Å²) in [7, 11) is 0. The van der Waals surface area contributed by atoms with Crippen molar-refractivity contribution in [2.24, 2.45) is 11.8 Å². The van der Waals surface area contributed by atoms with Crippen molar-refractivity contribution in [1.82, 2.24) is 30.2 Å². The lowest BCUT2D eigenvalue weighted by Gasteiger charge is -2.49. The van der Waals surface area contributed by atoms with Crippen molar-refractivity contribution in [2.75, 3.05) is 13.1 Å². The molecule has 1 amide bonds. The second-order valence-electron chi connectivity index (χ2n) is 10.8. The van der Waals surface area contributed by atoms with Crippen molar-refractivity contribution in [1.29, 1.82) is 0 Å². The van der Waals surface area contributed by atoms with Gasteiger partial charge in [0.1, 0.15) is 5.69 Å². The number of amides is 1. The van der Waals surface area contributed by atoms with Crippen LogP contribution >= 0.6 is 0 Å². The molecule has 178 valence electrons. The topological polar surface area (TPSA) is 75.9 Å². The van der Waals surface area contributed by atoms with E-state index in [9.17, 15) is 4.79 Å². The van der Waals surface area contributed by atoms with Crippen molar-refractivity contribution >= 4 is 5.91 Å². The molecule has 0 radical (unpaired) electrons. The van der Waals surface area contributed by atoms with Crippen LogP contribution in [0.2, 0.25) is 0 Å². The minimum absolute atomic E-state index is 0.0642. The number of fused-ring (bicyclic) bond motifs is 3. The molecule has 3 aromatic rings. The van der Waals surface area contributed by atoms with Gasteiger partial charge in [0.05, 0.1) is 18.7 Å². The Hall–Kier alpha value is -3.06. The second kappa shape index (κ2) is 9.29. The summed E-state index contributed by atoms with van der Waals surface area (Å²) in [5.41, 5.74) is 4.48. The van der Waals surface area contributed by atoms with Crippen LogP contribution < -0.4 is 5.32 Å². The lowest BCUT2D eigenvalue weighted by molar-refractivity contribution is -0.133. The van der Waals surface area contributed by atoms with E-state index in [-0.39, 0.29) is 17.2 Å². The van der Waals surface area contributed by atoms with Crippen LogP contribution in [0.3, 0.4) is 0 Å². The normalized spacial score (nSPS) is 24.2. The average molecular weight is 459 g/mol. The Morgan fingerprint density at radius 2 is 2.00 bits per heavy atom. The number of hydrogen-bond acceptors (Lipinski definition) is 5. The van der Waals surface area contributed by atoms with Gasteiger partial charge in [0, 0.05) is 37.1 Å². The van der Waals surface area contributed by atoms with Crippen LogP contribution in [0.25, 0.3) is 11.3 Å². The van der Waals surface area contributed by atoms with Crippen LogP contribution in [-0.2, 0) is 23.3 Å². The SMILES string of the molecule is CC(C)(C)c1ccc(-c2cn(C[C@H]3CC4CCN3C[C@@H]4C(=O)NCc3cccnc3)nn2)cc1. The van der Waals surface area contributed by atoms with Crippen LogP contribution in [0.4, 0.5) is 0 Å². The number of aromatic nitrogens is 4. The molecule has 3 aliphatic heterocycles. The van der Waals surface area contributed by atoms with E-state index >= 15 is 0 Å². The number of benzene rings is 1. The molecular formula is C27H34N6O. The van der Waals surface area contributed by atoms with E-state index in [1.165, 1.54) is 5.56 Å². The van der Waals surface area contributed by atoms with Gasteiger partial charge in [-0.3, -0.25) is 19.4 Å². The van der Waals surface area contributed by atoms with Crippen molar-refractivity contribution in [3.8, 4) is 11.3 Å². The van der Waals surface area contributed by atoms with Crippen LogP contribution in [0, 0.1) is 11.8 Å². The van der Waals surface area contributed by atoms with E-state index in [0.29, 0.717) is 18.5 Å². The van der Waals surface area contributed by atoms with E-state index in [1.54, 1.807) is 12.4 Å². The monoisotopic (exact) mass is 458 g/mol. The molecule has 6 rings (SSSR count). The molecule has 3 fully saturated rings. The summed E-state index contributed by atoms with van der Waals surface area (Å²) < 4.78 is 1.97. The highest BCUT2D eigenvalue weighted by Crippen LogP contribution is 2.37. The largest absolute Gasteiger partial charge is 0.352 e. The molecule has 7 nitrogen and oxygen atoms in total. The van der Waals surface area contributed by atoms with E-state index in [0.717, 1.165) is 49.3 Å². The molecule has 1 aromatic carbocycles. The molecule has 34 heavy (non-hydrogen) atoms. The first-order valence-corrected chi connectivity index (χ1v) is 12.3. The van der Waals surface area contributed by atoms with Crippen LogP contribution in [0.15, 0.2) is 55.0 Å². The van der Waals surface area contributed by atoms with E-state index in [1.807, 2.05) is 23.0 Å². The van der Waals surface area contributed by atoms with Gasteiger partial charge in [0.15, 0.2) is 0 Å². The fraction of sp³-hybridized carbons (Fsp3) is 0.481. The smallest absolute Gasteiger partial charge is 0.224 e. The van der Waals surface area contributed by atoms with Crippen LogP contribution in [-0.4, -0.2) is 49.9 Å². The molecule has 1 N–H and O–H groups in total. The highest BCUT2D eigenvalue weighted by atomic mass is 16.1. The van der Waals surface area contributed by atoms with E-state index in [4.69, 9.17) is 0 Å². The Morgan fingerprint density at radius 3 is 2.68 bits per heavy atom. The fourth-order valence-electron chi connectivity index (χ4n) is 5.32. The van der Waals surface area contributed by atoms with Gasteiger partial charge in [-0.05, 0) is 47.9 Å². The standard InChI is InChI=1S/C27H34N6O/c1-27(2,3)22-8-6-20(7-9-22)25-18-33(31-30-25)16-23-13-21-10-12-32(23)17-24(21)26(34)29-15-19-5-4-11-28-14-19/h4-9,11,14,18,21,23-24H,10,12-13,15-17H2,1-3H3,(H,29,34)/t21?,23-,24+/m1/s1. The zero-order valence-electron chi connectivity index (χ0n) is 20.3.